The van der Waals surface area contributed by atoms with E-state index in [0.717, 1.165) is 4.31 Å². The van der Waals surface area contributed by atoms with Crippen LogP contribution in [0.4, 0.5) is 5.69 Å². The molecule has 0 radical (unpaired) electrons. The molecule has 1 atom stereocenters. The van der Waals surface area contributed by atoms with Gasteiger partial charge in [-0.2, -0.15) is 0 Å². The largest absolute Gasteiger partial charge is 0.492 e. The molecule has 0 saturated heterocycles. The van der Waals surface area contributed by atoms with Crippen LogP contribution in [-0.2, 0) is 26.2 Å². The van der Waals surface area contributed by atoms with Crippen molar-refractivity contribution in [2.24, 2.45) is 0 Å². The smallest absolute Gasteiger partial charge is 0.264 e. The van der Waals surface area contributed by atoms with Gasteiger partial charge in [-0.15, -0.1) is 0 Å². The number of sulfonamides is 1. The van der Waals surface area contributed by atoms with Crippen LogP contribution in [0.5, 0.6) is 5.75 Å². The molecular weight excluding hydrogens is 597 g/mol. The molecule has 0 unspecified atom stereocenters. The van der Waals surface area contributed by atoms with Crippen LogP contribution in [-0.4, -0.2) is 49.9 Å². The molecule has 0 aliphatic heterocycles. The highest BCUT2D eigenvalue weighted by atomic mass is 35.5. The molecule has 0 aliphatic rings. The third kappa shape index (κ3) is 8.40. The molecule has 0 heterocycles. The average molecular weight is 635 g/mol. The molecule has 0 aliphatic carbocycles. The molecule has 42 heavy (non-hydrogen) atoms. The predicted octanol–water partition coefficient (Wildman–Crippen LogP) is 6.31. The van der Waals surface area contributed by atoms with E-state index in [1.54, 1.807) is 62.4 Å². The van der Waals surface area contributed by atoms with E-state index in [4.69, 9.17) is 27.9 Å². The van der Waals surface area contributed by atoms with Gasteiger partial charge in [0.05, 0.1) is 17.2 Å². The summed E-state index contributed by atoms with van der Waals surface area (Å²) in [4.78, 5) is 29.0. The number of carbonyl (C=O) groups excluding carboxylic acids is 2. The topological polar surface area (TPSA) is 96.0 Å². The van der Waals surface area contributed by atoms with Crippen LogP contribution in [0.2, 0.25) is 10.0 Å². The number of nitrogens with zero attached hydrogens (tertiary/aromatic N) is 2. The molecule has 226 valence electrons. The minimum absolute atomic E-state index is 0.00346. The van der Waals surface area contributed by atoms with Crippen molar-refractivity contribution in [1.82, 2.24) is 10.2 Å². The van der Waals surface area contributed by atoms with Crippen LogP contribution in [0.25, 0.3) is 0 Å². The highest BCUT2D eigenvalue weighted by molar-refractivity contribution is 7.92. The number of anilines is 1. The number of benzene rings is 3. The molecule has 11 heteroatoms. The number of hydrogen-bond acceptors (Lipinski definition) is 5. The fraction of sp³-hybridized carbons (Fsp3) is 0.355. The first-order chi connectivity index (χ1) is 19.8. The zero-order valence-corrected chi connectivity index (χ0v) is 26.8. The number of nitrogens with one attached hydrogen (secondary N) is 1. The second-order valence-electron chi connectivity index (χ2n) is 10.6. The molecule has 3 aromatic rings. The molecule has 0 spiro atoms. The van der Waals surface area contributed by atoms with Crippen molar-refractivity contribution in [3.05, 3.63) is 88.4 Å². The van der Waals surface area contributed by atoms with Gasteiger partial charge in [0.25, 0.3) is 10.0 Å². The number of ether oxygens (including phenoxy) is 1. The maximum Gasteiger partial charge on any atom is 0.264 e. The van der Waals surface area contributed by atoms with Gasteiger partial charge in [-0.3, -0.25) is 13.9 Å². The van der Waals surface area contributed by atoms with Crippen LogP contribution >= 0.6 is 23.2 Å². The Kier molecular flexibility index (Phi) is 11.3. The summed E-state index contributed by atoms with van der Waals surface area (Å²) in [6, 6.07) is 18.4. The quantitative estimate of drug-likeness (QED) is 0.252. The van der Waals surface area contributed by atoms with E-state index in [2.05, 4.69) is 5.32 Å². The Morgan fingerprint density at radius 2 is 1.55 bits per heavy atom. The zero-order chi connectivity index (χ0) is 31.1. The van der Waals surface area contributed by atoms with Crippen LogP contribution in [0.3, 0.4) is 0 Å². The van der Waals surface area contributed by atoms with Gasteiger partial charge in [-0.25, -0.2) is 8.42 Å². The van der Waals surface area contributed by atoms with Gasteiger partial charge in [0.15, 0.2) is 0 Å². The summed E-state index contributed by atoms with van der Waals surface area (Å²) in [6.45, 7) is 8.81. The fourth-order valence-corrected chi connectivity index (χ4v) is 6.12. The summed E-state index contributed by atoms with van der Waals surface area (Å²) in [6.07, 6.45) is 0.289. The molecule has 3 rings (SSSR count). The summed E-state index contributed by atoms with van der Waals surface area (Å²) in [5.74, 6) is -0.651. The number of rotatable bonds is 12. The van der Waals surface area contributed by atoms with Gasteiger partial charge in [0, 0.05) is 22.1 Å². The predicted molar refractivity (Wildman–Crippen MR) is 168 cm³/mol. The molecule has 0 saturated carbocycles. The van der Waals surface area contributed by atoms with Crippen molar-refractivity contribution in [3.8, 4) is 5.75 Å². The molecule has 0 fully saturated rings. The fourth-order valence-electron chi connectivity index (χ4n) is 4.37. The summed E-state index contributed by atoms with van der Waals surface area (Å²) in [5.41, 5.74) is 0.258. The van der Waals surface area contributed by atoms with Gasteiger partial charge >= 0.3 is 0 Å². The van der Waals surface area contributed by atoms with E-state index in [-0.39, 0.29) is 36.1 Å². The van der Waals surface area contributed by atoms with Crippen molar-refractivity contribution in [2.75, 3.05) is 17.5 Å². The monoisotopic (exact) mass is 633 g/mol. The highest BCUT2D eigenvalue weighted by Crippen LogP contribution is 2.33. The van der Waals surface area contributed by atoms with Gasteiger partial charge in [0.2, 0.25) is 11.8 Å². The summed E-state index contributed by atoms with van der Waals surface area (Å²) < 4.78 is 34.9. The Labute approximate surface area is 258 Å². The maximum atomic E-state index is 14.2. The van der Waals surface area contributed by atoms with Crippen LogP contribution in [0.1, 0.15) is 46.6 Å². The number of amides is 2. The number of carbonyl (C=O) groups is 2. The first-order valence-corrected chi connectivity index (χ1v) is 15.8. The standard InChI is InChI=1S/C31H37Cl2N3O5S/c1-6-26(30(38)34-31(3,4)5)35(20-22-12-8-9-13-25(22)33)29(37)21-36(27-14-10-11-15-28(27)41-7-2)42(39,40)24-18-16-23(32)17-19-24/h8-19,26H,6-7,20-21H2,1-5H3,(H,34,38)/t26-/m1/s1. The third-order valence-corrected chi connectivity index (χ3v) is 8.69. The molecule has 0 bridgehead atoms. The minimum Gasteiger partial charge on any atom is -0.492 e. The SMILES string of the molecule is CCOc1ccccc1N(CC(=O)N(Cc1ccccc1Cl)[C@H](CC)C(=O)NC(C)(C)C)S(=O)(=O)c1ccc(Cl)cc1. The lowest BCUT2D eigenvalue weighted by Gasteiger charge is -2.35. The van der Waals surface area contributed by atoms with Crippen molar-refractivity contribution in [1.29, 1.82) is 0 Å². The Morgan fingerprint density at radius 1 is 0.929 bits per heavy atom. The number of hydrogen-bond donors (Lipinski definition) is 1. The van der Waals surface area contributed by atoms with Gasteiger partial charge < -0.3 is 15.0 Å². The number of halogens is 2. The van der Waals surface area contributed by atoms with Gasteiger partial charge in [-0.1, -0.05) is 60.5 Å². The first kappa shape index (κ1) is 33.2. The van der Waals surface area contributed by atoms with Crippen molar-refractivity contribution in [3.63, 3.8) is 0 Å². The lowest BCUT2D eigenvalue weighted by molar-refractivity contribution is -0.141. The van der Waals surface area contributed by atoms with E-state index < -0.39 is 34.1 Å². The van der Waals surface area contributed by atoms with Crippen molar-refractivity contribution >= 4 is 50.7 Å². The average Bonchev–Trinajstić information content (AvgIpc) is 2.92. The van der Waals surface area contributed by atoms with E-state index in [1.165, 1.54) is 29.2 Å². The van der Waals surface area contributed by atoms with Crippen LogP contribution in [0, 0.1) is 0 Å². The third-order valence-electron chi connectivity index (χ3n) is 6.30. The molecule has 8 nitrogen and oxygen atoms in total. The van der Waals surface area contributed by atoms with E-state index in [1.807, 2.05) is 20.8 Å². The Hall–Kier alpha value is -3.27. The molecular formula is C31H37Cl2N3O5S. The Balaban J connectivity index is 2.13. The Morgan fingerprint density at radius 3 is 2.14 bits per heavy atom. The van der Waals surface area contributed by atoms with Crippen LogP contribution < -0.4 is 14.4 Å². The molecule has 3 aromatic carbocycles. The second kappa shape index (κ2) is 14.3. The lowest BCUT2D eigenvalue weighted by Crippen LogP contribution is -2.55. The van der Waals surface area contributed by atoms with Crippen molar-refractivity contribution in [2.45, 2.75) is 64.1 Å². The van der Waals surface area contributed by atoms with Crippen molar-refractivity contribution < 1.29 is 22.7 Å². The zero-order valence-electron chi connectivity index (χ0n) is 24.4. The summed E-state index contributed by atoms with van der Waals surface area (Å²) in [5, 5.41) is 3.74. The molecule has 0 aromatic heterocycles. The lowest BCUT2D eigenvalue weighted by atomic mass is 10.1. The van der Waals surface area contributed by atoms with E-state index >= 15 is 0 Å². The summed E-state index contributed by atoms with van der Waals surface area (Å²) >= 11 is 12.5. The van der Waals surface area contributed by atoms with Crippen LogP contribution in [0.15, 0.2) is 77.7 Å². The normalized spacial score (nSPS) is 12.4. The molecule has 1 N–H and O–H groups in total. The first-order valence-electron chi connectivity index (χ1n) is 13.6. The number of para-hydroxylation sites is 2. The summed E-state index contributed by atoms with van der Waals surface area (Å²) in [7, 11) is -4.28. The highest BCUT2D eigenvalue weighted by Gasteiger charge is 2.35. The minimum atomic E-state index is -4.28. The van der Waals surface area contributed by atoms with Gasteiger partial charge in [0.1, 0.15) is 18.3 Å². The molecule has 2 amide bonds. The van der Waals surface area contributed by atoms with Gasteiger partial charge in [-0.05, 0) is 82.1 Å². The van der Waals surface area contributed by atoms with E-state index in [0.29, 0.717) is 21.4 Å². The maximum absolute atomic E-state index is 14.2. The Bertz CT molecular complexity index is 1490. The van der Waals surface area contributed by atoms with E-state index in [9.17, 15) is 18.0 Å². The second-order valence-corrected chi connectivity index (χ2v) is 13.3.